The molecule has 4 nitrogen and oxygen atoms in total. The number of hydrogen-bond acceptors (Lipinski definition) is 4. The first-order valence-corrected chi connectivity index (χ1v) is 7.07. The van der Waals surface area contributed by atoms with E-state index in [0.717, 1.165) is 4.47 Å². The number of Topliss-reactive ketones (excluding diaryl/α,β-unsaturated/α-hetero) is 1. The molecule has 2 aromatic rings. The van der Waals surface area contributed by atoms with E-state index in [1.54, 1.807) is 43.3 Å². The lowest BCUT2D eigenvalue weighted by atomic mass is 10.1. The quantitative estimate of drug-likeness (QED) is 0.467. The van der Waals surface area contributed by atoms with Crippen molar-refractivity contribution in [2.75, 3.05) is 0 Å². The van der Waals surface area contributed by atoms with E-state index in [1.165, 1.54) is 18.4 Å². The molecule has 0 saturated heterocycles. The van der Waals surface area contributed by atoms with Gasteiger partial charge in [-0.25, -0.2) is 4.79 Å². The van der Waals surface area contributed by atoms with Gasteiger partial charge in [0.2, 0.25) is 5.78 Å². The van der Waals surface area contributed by atoms with Crippen molar-refractivity contribution in [3.8, 4) is 0 Å². The molecule has 0 amide bonds. The van der Waals surface area contributed by atoms with Gasteiger partial charge in [0.1, 0.15) is 5.76 Å². The molecule has 108 valence electrons. The number of esters is 1. The maximum Gasteiger partial charge on any atom is 0.331 e. The fraction of sp³-hybridized carbons (Fsp3) is 0.125. The van der Waals surface area contributed by atoms with Crippen LogP contribution in [0.3, 0.4) is 0 Å². The Morgan fingerprint density at radius 3 is 2.57 bits per heavy atom. The monoisotopic (exact) mass is 348 g/mol. The van der Waals surface area contributed by atoms with E-state index < -0.39 is 12.1 Å². The molecule has 21 heavy (non-hydrogen) atoms. The highest BCUT2D eigenvalue weighted by molar-refractivity contribution is 9.10. The minimum atomic E-state index is -0.847. The SMILES string of the molecule is C[C@@H](OC(=O)/C=C/c1ccco1)C(=O)c1ccc(Br)cc1. The van der Waals surface area contributed by atoms with Crippen molar-refractivity contribution in [3.63, 3.8) is 0 Å². The van der Waals surface area contributed by atoms with E-state index in [0.29, 0.717) is 11.3 Å². The van der Waals surface area contributed by atoms with E-state index in [9.17, 15) is 9.59 Å². The first-order chi connectivity index (χ1) is 10.1. The lowest BCUT2D eigenvalue weighted by molar-refractivity contribution is -0.140. The van der Waals surface area contributed by atoms with Crippen molar-refractivity contribution >= 4 is 33.8 Å². The van der Waals surface area contributed by atoms with Gasteiger partial charge in [0.25, 0.3) is 0 Å². The van der Waals surface area contributed by atoms with Crippen LogP contribution in [-0.4, -0.2) is 17.9 Å². The standard InChI is InChI=1S/C16H13BrO4/c1-11(16(19)12-4-6-13(17)7-5-12)21-15(18)9-8-14-3-2-10-20-14/h2-11H,1H3/b9-8+/t11-/m1/s1. The van der Waals surface area contributed by atoms with Gasteiger partial charge in [-0.1, -0.05) is 28.1 Å². The summed E-state index contributed by atoms with van der Waals surface area (Å²) in [5.41, 5.74) is 0.494. The number of carbonyl (C=O) groups excluding carboxylic acids is 2. The van der Waals surface area contributed by atoms with Gasteiger partial charge in [-0.3, -0.25) is 4.79 Å². The van der Waals surface area contributed by atoms with Gasteiger partial charge in [0.05, 0.1) is 6.26 Å². The fourth-order valence-corrected chi connectivity index (χ4v) is 1.92. The molecule has 1 heterocycles. The molecule has 0 unspecified atom stereocenters. The third-order valence-corrected chi connectivity index (χ3v) is 3.25. The van der Waals surface area contributed by atoms with Gasteiger partial charge in [-0.15, -0.1) is 0 Å². The third-order valence-electron chi connectivity index (χ3n) is 2.72. The molecule has 0 bridgehead atoms. The van der Waals surface area contributed by atoms with Crippen molar-refractivity contribution in [2.24, 2.45) is 0 Å². The molecule has 0 aliphatic heterocycles. The summed E-state index contributed by atoms with van der Waals surface area (Å²) in [5, 5.41) is 0. The van der Waals surface area contributed by atoms with Gasteiger partial charge in [-0.2, -0.15) is 0 Å². The molecular weight excluding hydrogens is 336 g/mol. The second-order valence-corrected chi connectivity index (χ2v) is 5.21. The molecule has 1 aromatic heterocycles. The van der Waals surface area contributed by atoms with Crippen LogP contribution in [-0.2, 0) is 9.53 Å². The van der Waals surface area contributed by atoms with E-state index in [4.69, 9.17) is 9.15 Å². The topological polar surface area (TPSA) is 56.5 Å². The molecule has 0 aliphatic rings. The number of benzene rings is 1. The van der Waals surface area contributed by atoms with Crippen molar-refractivity contribution in [3.05, 3.63) is 64.5 Å². The molecule has 0 radical (unpaired) electrons. The molecule has 1 atom stereocenters. The Morgan fingerprint density at radius 1 is 1.24 bits per heavy atom. The summed E-state index contributed by atoms with van der Waals surface area (Å²) in [4.78, 5) is 23.7. The van der Waals surface area contributed by atoms with Crippen molar-refractivity contribution in [1.29, 1.82) is 0 Å². The fourth-order valence-electron chi connectivity index (χ4n) is 1.65. The number of halogens is 1. The van der Waals surface area contributed by atoms with Gasteiger partial charge < -0.3 is 9.15 Å². The van der Waals surface area contributed by atoms with Crippen LogP contribution < -0.4 is 0 Å². The Bertz CT molecular complexity index is 641. The molecule has 1 aromatic carbocycles. The van der Waals surface area contributed by atoms with E-state index in [2.05, 4.69) is 15.9 Å². The summed E-state index contributed by atoms with van der Waals surface area (Å²) in [6, 6.07) is 10.3. The number of carbonyl (C=O) groups is 2. The Kier molecular flexibility index (Phi) is 5.11. The highest BCUT2D eigenvalue weighted by atomic mass is 79.9. The summed E-state index contributed by atoms with van der Waals surface area (Å²) in [7, 11) is 0. The summed E-state index contributed by atoms with van der Waals surface area (Å²) >= 11 is 3.30. The minimum absolute atomic E-state index is 0.248. The zero-order valence-electron chi connectivity index (χ0n) is 11.3. The molecule has 0 N–H and O–H groups in total. The number of ketones is 1. The molecule has 0 aliphatic carbocycles. The predicted molar refractivity (Wildman–Crippen MR) is 81.8 cm³/mol. The van der Waals surface area contributed by atoms with Gasteiger partial charge in [0.15, 0.2) is 6.10 Å². The summed E-state index contributed by atoms with van der Waals surface area (Å²) < 4.78 is 11.0. The Morgan fingerprint density at radius 2 is 1.95 bits per heavy atom. The van der Waals surface area contributed by atoms with Crippen LogP contribution >= 0.6 is 15.9 Å². The molecule has 0 saturated carbocycles. The minimum Gasteiger partial charge on any atom is -0.465 e. The van der Waals surface area contributed by atoms with E-state index >= 15 is 0 Å². The molecular formula is C16H13BrO4. The van der Waals surface area contributed by atoms with Crippen LogP contribution in [0, 0.1) is 0 Å². The van der Waals surface area contributed by atoms with Crippen LogP contribution in [0.1, 0.15) is 23.0 Å². The zero-order valence-corrected chi connectivity index (χ0v) is 12.9. The van der Waals surface area contributed by atoms with Crippen molar-refractivity contribution in [1.82, 2.24) is 0 Å². The van der Waals surface area contributed by atoms with Crippen LogP contribution in [0.5, 0.6) is 0 Å². The number of rotatable bonds is 5. The maximum atomic E-state index is 12.1. The second-order valence-electron chi connectivity index (χ2n) is 4.30. The van der Waals surface area contributed by atoms with Gasteiger partial charge >= 0.3 is 5.97 Å². The number of furan rings is 1. The highest BCUT2D eigenvalue weighted by Gasteiger charge is 2.18. The molecule has 0 spiro atoms. The smallest absolute Gasteiger partial charge is 0.331 e. The lowest BCUT2D eigenvalue weighted by Crippen LogP contribution is -2.23. The third kappa shape index (κ3) is 4.43. The van der Waals surface area contributed by atoms with Gasteiger partial charge in [0, 0.05) is 16.1 Å². The average Bonchev–Trinajstić information content (AvgIpc) is 2.98. The van der Waals surface area contributed by atoms with Crippen molar-refractivity contribution < 1.29 is 18.7 Å². The van der Waals surface area contributed by atoms with Gasteiger partial charge in [-0.05, 0) is 37.3 Å². The largest absolute Gasteiger partial charge is 0.465 e. The van der Waals surface area contributed by atoms with Crippen LogP contribution in [0.25, 0.3) is 6.08 Å². The maximum absolute atomic E-state index is 12.1. The normalized spacial score (nSPS) is 12.3. The predicted octanol–water partition coefficient (Wildman–Crippen LogP) is 3.87. The van der Waals surface area contributed by atoms with Crippen LogP contribution in [0.2, 0.25) is 0 Å². The Balaban J connectivity index is 1.94. The molecule has 0 fully saturated rings. The lowest BCUT2D eigenvalue weighted by Gasteiger charge is -2.10. The summed E-state index contributed by atoms with van der Waals surface area (Å²) in [6.45, 7) is 1.54. The number of hydrogen-bond donors (Lipinski definition) is 0. The van der Waals surface area contributed by atoms with E-state index in [-0.39, 0.29) is 5.78 Å². The number of ether oxygens (including phenoxy) is 1. The van der Waals surface area contributed by atoms with Crippen LogP contribution in [0.15, 0.2) is 57.6 Å². The van der Waals surface area contributed by atoms with Crippen LogP contribution in [0.4, 0.5) is 0 Å². The summed E-state index contributed by atoms with van der Waals surface area (Å²) in [5.74, 6) is -0.301. The first-order valence-electron chi connectivity index (χ1n) is 6.28. The molecule has 2 rings (SSSR count). The molecule has 5 heteroatoms. The van der Waals surface area contributed by atoms with E-state index in [1.807, 2.05) is 0 Å². The average molecular weight is 349 g/mol. The van der Waals surface area contributed by atoms with Crippen molar-refractivity contribution in [2.45, 2.75) is 13.0 Å². The highest BCUT2D eigenvalue weighted by Crippen LogP contribution is 2.13. The second kappa shape index (κ2) is 7.04. The summed E-state index contributed by atoms with van der Waals surface area (Å²) in [6.07, 6.45) is 3.37. The zero-order chi connectivity index (χ0) is 15.2. The first kappa shape index (κ1) is 15.3. The Hall–Kier alpha value is -2.14. The Labute approximate surface area is 130 Å².